The summed E-state index contributed by atoms with van der Waals surface area (Å²) in [5.41, 5.74) is 7.00. The normalized spacial score (nSPS) is 47.7. The molecule has 2 nitrogen and oxygen atoms in total. The molecule has 0 spiro atoms. The van der Waals surface area contributed by atoms with Crippen molar-refractivity contribution in [2.45, 2.75) is 83.2 Å². The molecule has 21 heavy (non-hydrogen) atoms. The van der Waals surface area contributed by atoms with E-state index in [2.05, 4.69) is 11.8 Å². The van der Waals surface area contributed by atoms with Crippen LogP contribution in [0.3, 0.4) is 0 Å². The second-order valence-electron chi connectivity index (χ2n) is 9.13. The summed E-state index contributed by atoms with van der Waals surface area (Å²) in [4.78, 5) is 2.76. The van der Waals surface area contributed by atoms with Gasteiger partial charge in [0.05, 0.1) is 0 Å². The number of piperidine rings is 1. The van der Waals surface area contributed by atoms with Crippen molar-refractivity contribution < 1.29 is 0 Å². The smallest absolute Gasteiger partial charge is 0.0244 e. The van der Waals surface area contributed by atoms with Crippen LogP contribution in [0.1, 0.15) is 71.1 Å². The van der Waals surface area contributed by atoms with Crippen LogP contribution >= 0.6 is 0 Å². The average molecular weight is 290 g/mol. The largest absolute Gasteiger partial charge is 0.327 e. The first kappa shape index (κ1) is 14.5. The number of hydrogen-bond donors (Lipinski definition) is 1. The maximum absolute atomic E-state index is 6.25. The van der Waals surface area contributed by atoms with Gasteiger partial charge in [-0.3, -0.25) is 4.90 Å². The molecule has 0 aromatic rings. The highest BCUT2D eigenvalue weighted by Crippen LogP contribution is 2.61. The van der Waals surface area contributed by atoms with Crippen molar-refractivity contribution in [1.82, 2.24) is 4.90 Å². The highest BCUT2D eigenvalue weighted by molar-refractivity contribution is 5.01. The van der Waals surface area contributed by atoms with Crippen molar-refractivity contribution in [2.24, 2.45) is 28.9 Å². The van der Waals surface area contributed by atoms with E-state index in [-0.39, 0.29) is 0 Å². The molecule has 4 saturated carbocycles. The van der Waals surface area contributed by atoms with Gasteiger partial charge < -0.3 is 5.73 Å². The maximum Gasteiger partial charge on any atom is 0.0244 e. The first-order chi connectivity index (χ1) is 10.1. The molecule has 2 atom stereocenters. The zero-order valence-electron chi connectivity index (χ0n) is 13.9. The Morgan fingerprint density at radius 1 is 1.05 bits per heavy atom. The molecule has 1 saturated heterocycles. The van der Waals surface area contributed by atoms with E-state index in [1.54, 1.807) is 38.5 Å². The van der Waals surface area contributed by atoms with E-state index >= 15 is 0 Å². The molecule has 0 aromatic carbocycles. The Bertz CT molecular complexity index is 340. The molecule has 1 aliphatic heterocycles. The Hall–Kier alpha value is -0.0800. The Morgan fingerprint density at radius 3 is 2.24 bits per heavy atom. The van der Waals surface area contributed by atoms with Gasteiger partial charge in [0.15, 0.2) is 0 Å². The summed E-state index contributed by atoms with van der Waals surface area (Å²) in [5.74, 6) is 3.30. The third kappa shape index (κ3) is 2.79. The van der Waals surface area contributed by atoms with Gasteiger partial charge in [-0.2, -0.15) is 0 Å². The highest BCUT2D eigenvalue weighted by Gasteiger charge is 2.50. The van der Waals surface area contributed by atoms with Gasteiger partial charge in [0.1, 0.15) is 0 Å². The lowest BCUT2D eigenvalue weighted by Gasteiger charge is -2.57. The van der Waals surface area contributed by atoms with Crippen molar-refractivity contribution in [3.05, 3.63) is 0 Å². The SMILES string of the molecule is CC(N)C1CCCCN1CCC12CC3CC(CC(C3)C1)C2. The van der Waals surface area contributed by atoms with E-state index in [4.69, 9.17) is 5.73 Å². The fourth-order valence-electron chi connectivity index (χ4n) is 6.87. The zero-order valence-corrected chi connectivity index (χ0v) is 13.9. The Balaban J connectivity index is 1.39. The summed E-state index contributed by atoms with van der Waals surface area (Å²) in [6.45, 7) is 4.85. The van der Waals surface area contributed by atoms with Crippen molar-refractivity contribution in [1.29, 1.82) is 0 Å². The van der Waals surface area contributed by atoms with Crippen LogP contribution in [0.25, 0.3) is 0 Å². The topological polar surface area (TPSA) is 29.3 Å². The number of nitrogens with two attached hydrogens (primary N) is 1. The number of likely N-dealkylation sites (tertiary alicyclic amines) is 1. The summed E-state index contributed by atoms with van der Waals surface area (Å²) < 4.78 is 0. The van der Waals surface area contributed by atoms with E-state index in [1.165, 1.54) is 38.8 Å². The van der Waals surface area contributed by atoms with E-state index in [0.29, 0.717) is 12.1 Å². The molecule has 120 valence electrons. The average Bonchev–Trinajstić information content (AvgIpc) is 2.44. The predicted molar refractivity (Wildman–Crippen MR) is 88.1 cm³/mol. The lowest BCUT2D eigenvalue weighted by molar-refractivity contribution is -0.0637. The molecule has 5 rings (SSSR count). The lowest BCUT2D eigenvalue weighted by Crippen LogP contribution is -2.52. The van der Waals surface area contributed by atoms with Gasteiger partial charge in [0.25, 0.3) is 0 Å². The third-order valence-electron chi connectivity index (χ3n) is 7.37. The second kappa shape index (κ2) is 5.53. The zero-order chi connectivity index (χ0) is 14.4. The quantitative estimate of drug-likeness (QED) is 0.853. The fraction of sp³-hybridized carbons (Fsp3) is 1.00. The number of rotatable bonds is 4. The summed E-state index contributed by atoms with van der Waals surface area (Å²) in [6.07, 6.45) is 15.0. The summed E-state index contributed by atoms with van der Waals surface area (Å²) in [7, 11) is 0. The van der Waals surface area contributed by atoms with Crippen LogP contribution in [-0.2, 0) is 0 Å². The van der Waals surface area contributed by atoms with E-state index in [9.17, 15) is 0 Å². The van der Waals surface area contributed by atoms with E-state index in [0.717, 1.165) is 23.2 Å². The Morgan fingerprint density at radius 2 is 1.67 bits per heavy atom. The van der Waals surface area contributed by atoms with Gasteiger partial charge in [-0.15, -0.1) is 0 Å². The summed E-state index contributed by atoms with van der Waals surface area (Å²) in [6, 6.07) is 1.01. The lowest BCUT2D eigenvalue weighted by atomic mass is 9.49. The third-order valence-corrected chi connectivity index (χ3v) is 7.37. The van der Waals surface area contributed by atoms with Crippen LogP contribution in [0.2, 0.25) is 0 Å². The molecule has 2 heteroatoms. The Labute approximate surface area is 130 Å². The second-order valence-corrected chi connectivity index (χ2v) is 9.13. The molecule has 2 N–H and O–H groups in total. The fourth-order valence-corrected chi connectivity index (χ4v) is 6.87. The van der Waals surface area contributed by atoms with Gasteiger partial charge >= 0.3 is 0 Å². The van der Waals surface area contributed by atoms with Crippen LogP contribution in [0.4, 0.5) is 0 Å². The molecule has 2 unspecified atom stereocenters. The first-order valence-corrected chi connectivity index (χ1v) is 9.63. The number of hydrogen-bond acceptors (Lipinski definition) is 2. The van der Waals surface area contributed by atoms with Gasteiger partial charge in [0, 0.05) is 12.1 Å². The molecule has 4 aliphatic carbocycles. The van der Waals surface area contributed by atoms with Crippen molar-refractivity contribution in [2.75, 3.05) is 13.1 Å². The molecule has 0 amide bonds. The van der Waals surface area contributed by atoms with Crippen molar-refractivity contribution in [3.8, 4) is 0 Å². The summed E-state index contributed by atoms with van der Waals surface area (Å²) >= 11 is 0. The minimum atomic E-state index is 0.349. The van der Waals surface area contributed by atoms with Crippen LogP contribution in [-0.4, -0.2) is 30.1 Å². The van der Waals surface area contributed by atoms with Crippen molar-refractivity contribution >= 4 is 0 Å². The van der Waals surface area contributed by atoms with Gasteiger partial charge in [0.2, 0.25) is 0 Å². The standard InChI is InChI=1S/C19H34N2/c1-14(20)18-4-2-3-6-21(18)7-5-19-11-15-8-16(12-19)10-17(9-15)13-19/h14-18H,2-13,20H2,1H3. The van der Waals surface area contributed by atoms with E-state index in [1.807, 2.05) is 0 Å². The molecule has 5 aliphatic rings. The van der Waals surface area contributed by atoms with Gasteiger partial charge in [-0.05, 0) is 101 Å². The van der Waals surface area contributed by atoms with Gasteiger partial charge in [-0.25, -0.2) is 0 Å². The minimum absolute atomic E-state index is 0.349. The minimum Gasteiger partial charge on any atom is -0.327 e. The molecule has 4 bridgehead atoms. The van der Waals surface area contributed by atoms with Crippen LogP contribution in [0, 0.1) is 23.2 Å². The van der Waals surface area contributed by atoms with E-state index < -0.39 is 0 Å². The highest BCUT2D eigenvalue weighted by atomic mass is 15.2. The molecular weight excluding hydrogens is 256 g/mol. The molecule has 0 radical (unpaired) electrons. The molecule has 5 fully saturated rings. The first-order valence-electron chi connectivity index (χ1n) is 9.63. The molecular formula is C19H34N2. The van der Waals surface area contributed by atoms with Gasteiger partial charge in [-0.1, -0.05) is 6.42 Å². The van der Waals surface area contributed by atoms with Crippen LogP contribution in [0.5, 0.6) is 0 Å². The van der Waals surface area contributed by atoms with Crippen molar-refractivity contribution in [3.63, 3.8) is 0 Å². The predicted octanol–water partition coefficient (Wildman–Crippen LogP) is 3.79. The maximum atomic E-state index is 6.25. The monoisotopic (exact) mass is 290 g/mol. The summed E-state index contributed by atoms with van der Waals surface area (Å²) in [5, 5.41) is 0. The molecule has 0 aromatic heterocycles. The Kier molecular flexibility index (Phi) is 3.82. The van der Waals surface area contributed by atoms with Crippen LogP contribution < -0.4 is 5.73 Å². The number of nitrogens with zero attached hydrogens (tertiary/aromatic N) is 1. The van der Waals surface area contributed by atoms with Crippen LogP contribution in [0.15, 0.2) is 0 Å². The molecule has 1 heterocycles.